The molecule has 0 aliphatic carbocycles. The molecule has 0 saturated heterocycles. The van der Waals surface area contributed by atoms with E-state index in [1.807, 2.05) is 36.4 Å². The molecule has 1 aliphatic heterocycles. The number of hydrogen-bond donors (Lipinski definition) is 1. The lowest BCUT2D eigenvalue weighted by Gasteiger charge is -2.07. The Morgan fingerprint density at radius 2 is 1.92 bits per heavy atom. The van der Waals surface area contributed by atoms with Crippen LogP contribution in [-0.4, -0.2) is 26.1 Å². The maximum absolute atomic E-state index is 12.5. The van der Waals surface area contributed by atoms with Crippen molar-refractivity contribution in [2.75, 3.05) is 5.32 Å². The van der Waals surface area contributed by atoms with Crippen LogP contribution in [0.25, 0.3) is 11.8 Å². The third-order valence-electron chi connectivity index (χ3n) is 3.67. The van der Waals surface area contributed by atoms with Gasteiger partial charge in [0.2, 0.25) is 0 Å². The van der Waals surface area contributed by atoms with Gasteiger partial charge in [-0.25, -0.2) is 4.68 Å². The highest BCUT2D eigenvalue weighted by molar-refractivity contribution is 6.09. The number of carbonyl (C=O) groups excluding carboxylic acids is 1. The van der Waals surface area contributed by atoms with E-state index in [1.165, 1.54) is 17.3 Å². The molecule has 4 rings (SSSR count). The Morgan fingerprint density at radius 1 is 1.08 bits per heavy atom. The molecule has 0 bridgehead atoms. The highest BCUT2D eigenvalue weighted by atomic mass is 16.5. The summed E-state index contributed by atoms with van der Waals surface area (Å²) in [6, 6.07) is 14.8. The molecule has 0 spiro atoms. The number of amides is 1. The molecule has 1 amide bonds. The highest BCUT2D eigenvalue weighted by Crippen LogP contribution is 2.25. The van der Waals surface area contributed by atoms with Crippen LogP contribution < -0.4 is 10.1 Å². The summed E-state index contributed by atoms with van der Waals surface area (Å²) in [7, 11) is 0. The number of carbonyl (C=O) groups is 1. The lowest BCUT2D eigenvalue weighted by molar-refractivity contribution is -0.112. The fraction of sp³-hybridized carbons (Fsp3) is 0. The van der Waals surface area contributed by atoms with E-state index in [0.29, 0.717) is 17.0 Å². The van der Waals surface area contributed by atoms with Gasteiger partial charge in [-0.05, 0) is 52.9 Å². The third-order valence-corrected chi connectivity index (χ3v) is 3.67. The van der Waals surface area contributed by atoms with Crippen LogP contribution in [0, 0.1) is 0 Å². The van der Waals surface area contributed by atoms with Crippen molar-refractivity contribution in [3.05, 3.63) is 78.3 Å². The predicted molar refractivity (Wildman–Crippen MR) is 92.0 cm³/mol. The van der Waals surface area contributed by atoms with Gasteiger partial charge in [0, 0.05) is 16.8 Å². The number of fused-ring (bicyclic) bond motifs is 1. The topological polar surface area (TPSA) is 81.9 Å². The van der Waals surface area contributed by atoms with Crippen LogP contribution in [0.1, 0.15) is 5.56 Å². The molecular formula is C18H13N5O2. The Bertz CT molecular complexity index is 959. The summed E-state index contributed by atoms with van der Waals surface area (Å²) < 4.78 is 7.04. The maximum Gasteiger partial charge on any atom is 0.255 e. The summed E-state index contributed by atoms with van der Waals surface area (Å²) in [5, 5.41) is 13.9. The Labute approximate surface area is 143 Å². The predicted octanol–water partition coefficient (Wildman–Crippen LogP) is 2.59. The molecule has 1 N–H and O–H groups in total. The minimum absolute atomic E-state index is 0.216. The van der Waals surface area contributed by atoms with E-state index in [1.54, 1.807) is 24.3 Å². The van der Waals surface area contributed by atoms with Crippen LogP contribution in [-0.2, 0) is 4.79 Å². The first-order valence-electron chi connectivity index (χ1n) is 7.58. The van der Waals surface area contributed by atoms with Crippen LogP contribution in [0.2, 0.25) is 0 Å². The summed E-state index contributed by atoms with van der Waals surface area (Å²) in [6.07, 6.45) is 6.46. The second-order valence-electron chi connectivity index (χ2n) is 5.31. The van der Waals surface area contributed by atoms with Gasteiger partial charge in [-0.1, -0.05) is 18.2 Å². The molecule has 0 radical (unpaired) electrons. The number of rotatable bonds is 3. The molecule has 0 fully saturated rings. The van der Waals surface area contributed by atoms with Crippen molar-refractivity contribution in [2.45, 2.75) is 0 Å². The largest absolute Gasteiger partial charge is 0.464 e. The molecule has 3 aromatic rings. The Hall–Kier alpha value is -3.74. The van der Waals surface area contributed by atoms with Gasteiger partial charge in [0.1, 0.15) is 12.1 Å². The first kappa shape index (κ1) is 14.8. The van der Waals surface area contributed by atoms with E-state index < -0.39 is 0 Å². The average molecular weight is 331 g/mol. The molecule has 7 heteroatoms. The lowest BCUT2D eigenvalue weighted by atomic mass is 10.1. The van der Waals surface area contributed by atoms with Crippen LogP contribution in [0.5, 0.6) is 5.75 Å². The third kappa shape index (κ3) is 3.16. The maximum atomic E-state index is 12.5. The average Bonchev–Trinajstić information content (AvgIpc) is 3.08. The summed E-state index contributed by atoms with van der Waals surface area (Å²) >= 11 is 0. The van der Waals surface area contributed by atoms with Crippen molar-refractivity contribution in [2.24, 2.45) is 0 Å². The summed E-state index contributed by atoms with van der Waals surface area (Å²) in [4.78, 5) is 12.5. The minimum atomic E-state index is -0.216. The molecule has 1 aromatic heterocycles. The van der Waals surface area contributed by atoms with E-state index in [4.69, 9.17) is 4.74 Å². The Morgan fingerprint density at radius 3 is 2.72 bits per heavy atom. The van der Waals surface area contributed by atoms with E-state index in [9.17, 15) is 4.79 Å². The number of hydrogen-bond acceptors (Lipinski definition) is 5. The van der Waals surface area contributed by atoms with Gasteiger partial charge in [-0.3, -0.25) is 4.79 Å². The molecule has 2 heterocycles. The number of ether oxygens (including phenoxy) is 1. The molecule has 2 aromatic carbocycles. The number of nitrogens with one attached hydrogen (secondary N) is 1. The fourth-order valence-electron chi connectivity index (χ4n) is 2.42. The van der Waals surface area contributed by atoms with Gasteiger partial charge in [0.25, 0.3) is 5.91 Å². The Balaban J connectivity index is 1.53. The lowest BCUT2D eigenvalue weighted by Crippen LogP contribution is -2.13. The SMILES string of the molecule is O=C(Nc1ccc(-n2cnnn2)cc1)C1=Cc2ccccc2OC=C1. The van der Waals surface area contributed by atoms with Crippen molar-refractivity contribution in [1.29, 1.82) is 0 Å². The first-order valence-corrected chi connectivity index (χ1v) is 7.58. The van der Waals surface area contributed by atoms with Crippen LogP contribution in [0.15, 0.2) is 72.8 Å². The summed E-state index contributed by atoms with van der Waals surface area (Å²) in [5.41, 5.74) is 2.84. The second kappa shape index (κ2) is 6.40. The van der Waals surface area contributed by atoms with E-state index in [-0.39, 0.29) is 5.91 Å². The van der Waals surface area contributed by atoms with Gasteiger partial charge < -0.3 is 10.1 Å². The van der Waals surface area contributed by atoms with Crippen LogP contribution in [0.3, 0.4) is 0 Å². The quantitative estimate of drug-likeness (QED) is 0.798. The van der Waals surface area contributed by atoms with E-state index in [2.05, 4.69) is 20.8 Å². The normalized spacial score (nSPS) is 12.6. The minimum Gasteiger partial charge on any atom is -0.464 e. The monoisotopic (exact) mass is 331 g/mol. The molecule has 1 aliphatic rings. The van der Waals surface area contributed by atoms with Crippen molar-refractivity contribution < 1.29 is 9.53 Å². The number of benzene rings is 2. The Kier molecular flexibility index (Phi) is 3.80. The number of nitrogens with zero attached hydrogens (tertiary/aromatic N) is 4. The number of tetrazole rings is 1. The standard InChI is InChI=1S/C18H13N5O2/c24-18(14-9-10-25-17-4-2-1-3-13(17)11-14)20-15-5-7-16(8-6-15)23-12-19-21-22-23/h1-12H,(H,20,24). The van der Waals surface area contributed by atoms with E-state index in [0.717, 1.165) is 11.3 Å². The second-order valence-corrected chi connectivity index (χ2v) is 5.31. The fourth-order valence-corrected chi connectivity index (χ4v) is 2.42. The van der Waals surface area contributed by atoms with Crippen LogP contribution in [0.4, 0.5) is 5.69 Å². The zero-order valence-electron chi connectivity index (χ0n) is 13.0. The molecule has 0 atom stereocenters. The van der Waals surface area contributed by atoms with Gasteiger partial charge in [-0.15, -0.1) is 5.10 Å². The smallest absolute Gasteiger partial charge is 0.255 e. The molecule has 0 saturated carbocycles. The number of aromatic nitrogens is 4. The van der Waals surface area contributed by atoms with Crippen molar-refractivity contribution in [3.63, 3.8) is 0 Å². The van der Waals surface area contributed by atoms with Crippen molar-refractivity contribution >= 4 is 17.7 Å². The molecule has 122 valence electrons. The van der Waals surface area contributed by atoms with Crippen molar-refractivity contribution in [3.8, 4) is 11.4 Å². The molecule has 0 unspecified atom stereocenters. The molecule has 25 heavy (non-hydrogen) atoms. The molecular weight excluding hydrogens is 318 g/mol. The number of para-hydroxylation sites is 1. The zero-order chi connectivity index (χ0) is 17.1. The van der Waals surface area contributed by atoms with Gasteiger partial charge in [0.05, 0.1) is 11.9 Å². The van der Waals surface area contributed by atoms with Crippen molar-refractivity contribution in [1.82, 2.24) is 20.2 Å². The highest BCUT2D eigenvalue weighted by Gasteiger charge is 2.12. The summed E-state index contributed by atoms with van der Waals surface area (Å²) in [6.45, 7) is 0. The first-order chi connectivity index (χ1) is 12.3. The zero-order valence-corrected chi connectivity index (χ0v) is 13.0. The summed E-state index contributed by atoms with van der Waals surface area (Å²) in [5.74, 6) is 0.499. The van der Waals surface area contributed by atoms with Gasteiger partial charge >= 0.3 is 0 Å². The number of anilines is 1. The molecule has 7 nitrogen and oxygen atoms in total. The van der Waals surface area contributed by atoms with Gasteiger partial charge in [0.15, 0.2) is 0 Å². The van der Waals surface area contributed by atoms with E-state index >= 15 is 0 Å². The van der Waals surface area contributed by atoms with Gasteiger partial charge in [-0.2, -0.15) is 0 Å². The van der Waals surface area contributed by atoms with Crippen LogP contribution >= 0.6 is 0 Å².